The zero-order valence-corrected chi connectivity index (χ0v) is 10.7. The second kappa shape index (κ2) is 7.15. The quantitative estimate of drug-likeness (QED) is 0.817. The van der Waals surface area contributed by atoms with E-state index in [1.165, 1.54) is 11.1 Å². The van der Waals surface area contributed by atoms with Gasteiger partial charge >= 0.3 is 0 Å². The molecule has 1 N–H and O–H groups in total. The minimum Gasteiger partial charge on any atom is -1.00 e. The van der Waals surface area contributed by atoms with Crippen molar-refractivity contribution in [1.82, 2.24) is 5.32 Å². The molecule has 0 unspecified atom stereocenters. The maximum Gasteiger partial charge on any atom is 0.117 e. The van der Waals surface area contributed by atoms with E-state index < -0.39 is 0 Å². The Kier molecular flexibility index (Phi) is 5.81. The minimum atomic E-state index is 0. The van der Waals surface area contributed by atoms with Crippen molar-refractivity contribution in [3.05, 3.63) is 59.5 Å². The topological polar surface area (TPSA) is 25.2 Å². The lowest BCUT2D eigenvalue weighted by molar-refractivity contribution is -0.00000386. The highest BCUT2D eigenvalue weighted by Crippen LogP contribution is 2.05. The molecule has 2 aromatic rings. The minimum absolute atomic E-state index is 0. The van der Waals surface area contributed by atoms with Crippen LogP contribution in [-0.4, -0.2) is 0 Å². The standard InChI is InChI=1S/C14H17NO.ClH/c1-2-12-5-7-13(8-6-12)10-15-11-14-4-3-9-16-14;/h3-9,15H,2,10-11H2,1H3;1H/p-1. The van der Waals surface area contributed by atoms with Crippen LogP contribution in [0.15, 0.2) is 47.1 Å². The summed E-state index contributed by atoms with van der Waals surface area (Å²) < 4.78 is 5.25. The second-order valence-corrected chi connectivity index (χ2v) is 3.85. The number of hydrogen-bond acceptors (Lipinski definition) is 2. The molecule has 0 bridgehead atoms. The van der Waals surface area contributed by atoms with Crippen molar-refractivity contribution < 1.29 is 16.8 Å². The van der Waals surface area contributed by atoms with E-state index in [1.807, 2.05) is 12.1 Å². The van der Waals surface area contributed by atoms with Crippen LogP contribution in [0.2, 0.25) is 0 Å². The highest BCUT2D eigenvalue weighted by atomic mass is 35.5. The maximum absolute atomic E-state index is 5.25. The van der Waals surface area contributed by atoms with Crippen molar-refractivity contribution in [1.29, 1.82) is 0 Å². The summed E-state index contributed by atoms with van der Waals surface area (Å²) in [5.41, 5.74) is 2.69. The molecule has 2 rings (SSSR count). The third-order valence-corrected chi connectivity index (χ3v) is 2.64. The van der Waals surface area contributed by atoms with Gasteiger partial charge in [-0.25, -0.2) is 0 Å². The number of benzene rings is 1. The zero-order valence-electron chi connectivity index (χ0n) is 9.95. The molecule has 0 aliphatic heterocycles. The number of nitrogens with one attached hydrogen (secondary N) is 1. The molecular formula is C14H17ClNO-. The summed E-state index contributed by atoms with van der Waals surface area (Å²) in [6.07, 6.45) is 2.80. The molecule has 0 spiro atoms. The molecule has 0 saturated carbocycles. The highest BCUT2D eigenvalue weighted by Gasteiger charge is 1.96. The van der Waals surface area contributed by atoms with E-state index in [0.717, 1.165) is 25.3 Å². The van der Waals surface area contributed by atoms with Crippen LogP contribution in [0.5, 0.6) is 0 Å². The van der Waals surface area contributed by atoms with Crippen molar-refractivity contribution in [2.75, 3.05) is 0 Å². The van der Waals surface area contributed by atoms with Crippen LogP contribution in [-0.2, 0) is 19.5 Å². The lowest BCUT2D eigenvalue weighted by Gasteiger charge is -2.04. The fourth-order valence-corrected chi connectivity index (χ4v) is 1.64. The number of aryl methyl sites for hydroxylation is 1. The van der Waals surface area contributed by atoms with E-state index in [9.17, 15) is 0 Å². The summed E-state index contributed by atoms with van der Waals surface area (Å²) in [7, 11) is 0. The average molecular weight is 251 g/mol. The van der Waals surface area contributed by atoms with Crippen molar-refractivity contribution in [2.24, 2.45) is 0 Å². The highest BCUT2D eigenvalue weighted by molar-refractivity contribution is 5.22. The largest absolute Gasteiger partial charge is 1.00 e. The van der Waals surface area contributed by atoms with Gasteiger partial charge in [0, 0.05) is 6.54 Å². The molecule has 0 aliphatic carbocycles. The van der Waals surface area contributed by atoms with Crippen LogP contribution in [0.25, 0.3) is 0 Å². The van der Waals surface area contributed by atoms with Gasteiger partial charge in [-0.2, -0.15) is 0 Å². The molecule has 0 atom stereocenters. The predicted molar refractivity (Wildman–Crippen MR) is 65.1 cm³/mol. The molecule has 3 heteroatoms. The molecule has 0 saturated heterocycles. The second-order valence-electron chi connectivity index (χ2n) is 3.85. The van der Waals surface area contributed by atoms with Gasteiger partial charge in [0.25, 0.3) is 0 Å². The van der Waals surface area contributed by atoms with Crippen molar-refractivity contribution >= 4 is 0 Å². The molecule has 1 aromatic carbocycles. The molecule has 1 heterocycles. The first kappa shape index (κ1) is 13.8. The molecule has 0 amide bonds. The number of hydrogen-bond donors (Lipinski definition) is 1. The average Bonchev–Trinajstić information content (AvgIpc) is 2.83. The normalized spacial score (nSPS) is 9.94. The van der Waals surface area contributed by atoms with Crippen LogP contribution in [0, 0.1) is 0 Å². The Morgan fingerprint density at radius 2 is 1.71 bits per heavy atom. The van der Waals surface area contributed by atoms with Crippen LogP contribution in [0.4, 0.5) is 0 Å². The van der Waals surface area contributed by atoms with E-state index in [1.54, 1.807) is 6.26 Å². The van der Waals surface area contributed by atoms with Gasteiger partial charge in [-0.15, -0.1) is 0 Å². The van der Waals surface area contributed by atoms with Gasteiger partial charge in [-0.05, 0) is 29.7 Å². The number of rotatable bonds is 5. The molecule has 92 valence electrons. The predicted octanol–water partition coefficient (Wildman–Crippen LogP) is 0.136. The van der Waals surface area contributed by atoms with E-state index in [-0.39, 0.29) is 12.4 Å². The van der Waals surface area contributed by atoms with Crippen LogP contribution >= 0.6 is 0 Å². The Bertz CT molecular complexity index is 408. The Morgan fingerprint density at radius 3 is 2.29 bits per heavy atom. The molecule has 0 radical (unpaired) electrons. The van der Waals surface area contributed by atoms with E-state index in [0.29, 0.717) is 0 Å². The van der Waals surface area contributed by atoms with Gasteiger partial charge in [-0.3, -0.25) is 0 Å². The van der Waals surface area contributed by atoms with E-state index in [4.69, 9.17) is 4.42 Å². The Labute approximate surface area is 108 Å². The van der Waals surface area contributed by atoms with Gasteiger partial charge < -0.3 is 22.1 Å². The molecule has 0 aliphatic rings. The first-order valence-corrected chi connectivity index (χ1v) is 5.69. The molecule has 1 aromatic heterocycles. The molecular weight excluding hydrogens is 234 g/mol. The summed E-state index contributed by atoms with van der Waals surface area (Å²) in [5.74, 6) is 0.977. The van der Waals surface area contributed by atoms with Crippen LogP contribution in [0.3, 0.4) is 0 Å². The summed E-state index contributed by atoms with van der Waals surface area (Å²) in [5, 5.41) is 3.35. The first-order chi connectivity index (χ1) is 7.88. The van der Waals surface area contributed by atoms with Crippen molar-refractivity contribution in [2.45, 2.75) is 26.4 Å². The van der Waals surface area contributed by atoms with Crippen molar-refractivity contribution in [3.63, 3.8) is 0 Å². The molecule has 17 heavy (non-hydrogen) atoms. The zero-order chi connectivity index (χ0) is 11.2. The lowest BCUT2D eigenvalue weighted by Crippen LogP contribution is -3.00. The summed E-state index contributed by atoms with van der Waals surface area (Å²) in [6, 6.07) is 12.6. The summed E-state index contributed by atoms with van der Waals surface area (Å²) >= 11 is 0. The van der Waals surface area contributed by atoms with E-state index in [2.05, 4.69) is 36.5 Å². The number of halogens is 1. The summed E-state index contributed by atoms with van der Waals surface area (Å²) in [6.45, 7) is 3.83. The first-order valence-electron chi connectivity index (χ1n) is 5.69. The van der Waals surface area contributed by atoms with Gasteiger partial charge in [-0.1, -0.05) is 31.2 Å². The fourth-order valence-electron chi connectivity index (χ4n) is 1.64. The van der Waals surface area contributed by atoms with Gasteiger partial charge in [0.1, 0.15) is 5.76 Å². The van der Waals surface area contributed by atoms with Gasteiger partial charge in [0.05, 0.1) is 12.8 Å². The van der Waals surface area contributed by atoms with Crippen LogP contribution < -0.4 is 17.7 Å². The SMILES string of the molecule is CCc1ccc(CNCc2ccco2)cc1.[Cl-]. The molecule has 0 fully saturated rings. The lowest BCUT2D eigenvalue weighted by atomic mass is 10.1. The third kappa shape index (κ3) is 4.25. The third-order valence-electron chi connectivity index (χ3n) is 2.64. The van der Waals surface area contributed by atoms with Gasteiger partial charge in [0.15, 0.2) is 0 Å². The van der Waals surface area contributed by atoms with E-state index >= 15 is 0 Å². The molecule has 2 nitrogen and oxygen atoms in total. The summed E-state index contributed by atoms with van der Waals surface area (Å²) in [4.78, 5) is 0. The number of furan rings is 1. The van der Waals surface area contributed by atoms with Gasteiger partial charge in [0.2, 0.25) is 0 Å². The Hall–Kier alpha value is -1.25. The van der Waals surface area contributed by atoms with Crippen LogP contribution in [0.1, 0.15) is 23.8 Å². The fraction of sp³-hybridized carbons (Fsp3) is 0.286. The Balaban J connectivity index is 0.00000144. The smallest absolute Gasteiger partial charge is 0.117 e. The van der Waals surface area contributed by atoms with Crippen molar-refractivity contribution in [3.8, 4) is 0 Å². The Morgan fingerprint density at radius 1 is 1.00 bits per heavy atom. The monoisotopic (exact) mass is 250 g/mol. The maximum atomic E-state index is 5.25.